The molecule has 2 aromatic rings. The maximum absolute atomic E-state index is 11.9. The molecule has 0 fully saturated rings. The Kier molecular flexibility index (Phi) is 7.72. The lowest BCUT2D eigenvalue weighted by Gasteiger charge is -2.31. The molecule has 0 atom stereocenters. The molecule has 1 amide bonds. The summed E-state index contributed by atoms with van der Waals surface area (Å²) in [7, 11) is 6.50. The highest BCUT2D eigenvalue weighted by atomic mass is 79.9. The van der Waals surface area contributed by atoms with Crippen molar-refractivity contribution >= 4 is 38.0 Å². The van der Waals surface area contributed by atoms with Crippen molar-refractivity contribution in [3.05, 3.63) is 53.1 Å². The monoisotopic (exact) mass is 556 g/mol. The second kappa shape index (κ2) is 10.1. The van der Waals surface area contributed by atoms with Crippen molar-refractivity contribution < 1.29 is 23.7 Å². The summed E-state index contributed by atoms with van der Waals surface area (Å²) in [5, 5.41) is 0. The second-order valence-electron chi connectivity index (χ2n) is 7.37. The van der Waals surface area contributed by atoms with Gasteiger partial charge < -0.3 is 23.8 Å². The summed E-state index contributed by atoms with van der Waals surface area (Å²) in [4.78, 5) is 15.6. The van der Waals surface area contributed by atoms with Crippen molar-refractivity contribution in [2.45, 2.75) is 23.1 Å². The van der Waals surface area contributed by atoms with E-state index in [9.17, 15) is 4.79 Å². The molecule has 0 saturated heterocycles. The van der Waals surface area contributed by atoms with Crippen LogP contribution in [-0.4, -0.2) is 54.4 Å². The van der Waals surface area contributed by atoms with Crippen molar-refractivity contribution in [2.75, 3.05) is 34.9 Å². The average molecular weight is 558 g/mol. The number of carbonyl (C=O) groups is 1. The van der Waals surface area contributed by atoms with Crippen LogP contribution >= 0.6 is 31.9 Å². The number of rotatable bonds is 7. The van der Waals surface area contributed by atoms with Gasteiger partial charge in [0.1, 0.15) is 5.75 Å². The minimum absolute atomic E-state index is 0.539. The molecule has 0 bridgehead atoms. The summed E-state index contributed by atoms with van der Waals surface area (Å²) in [5.74, 6) is 2.10. The number of ether oxygens (including phenoxy) is 4. The average Bonchev–Trinajstić information content (AvgIpc) is 2.73. The molecule has 0 unspecified atom stereocenters. The van der Waals surface area contributed by atoms with Gasteiger partial charge in [-0.05, 0) is 35.7 Å². The minimum atomic E-state index is -1.46. The van der Waals surface area contributed by atoms with Gasteiger partial charge in [-0.1, -0.05) is 18.2 Å². The van der Waals surface area contributed by atoms with Gasteiger partial charge in [-0.25, -0.2) is 4.79 Å². The number of methoxy groups -OCH3 is 2. The van der Waals surface area contributed by atoms with E-state index in [0.29, 0.717) is 12.3 Å². The van der Waals surface area contributed by atoms with E-state index in [2.05, 4.69) is 42.8 Å². The maximum atomic E-state index is 11.9. The fourth-order valence-corrected chi connectivity index (χ4v) is 4.02. The number of alkyl halides is 2. The lowest BCUT2D eigenvalue weighted by Crippen LogP contribution is -2.34. The molecule has 0 aliphatic carbocycles. The van der Waals surface area contributed by atoms with E-state index in [4.69, 9.17) is 18.9 Å². The number of nitrogens with zero attached hydrogens (tertiary/aromatic N) is 2. The van der Waals surface area contributed by atoms with Crippen LogP contribution in [0.5, 0.6) is 17.2 Å². The highest BCUT2D eigenvalue weighted by molar-refractivity contribution is 9.25. The third kappa shape index (κ3) is 6.05. The van der Waals surface area contributed by atoms with Gasteiger partial charge in [0.2, 0.25) is 0 Å². The number of para-hydroxylation sites is 1. The molecular weight excluding hydrogens is 532 g/mol. The molecule has 1 aliphatic rings. The Bertz CT molecular complexity index is 936. The van der Waals surface area contributed by atoms with Gasteiger partial charge in [-0.2, -0.15) is 0 Å². The minimum Gasteiger partial charge on any atom is -0.493 e. The molecule has 0 saturated carbocycles. The fourth-order valence-electron chi connectivity index (χ4n) is 3.39. The molecule has 168 valence electrons. The quantitative estimate of drug-likeness (QED) is 0.362. The Morgan fingerprint density at radius 3 is 2.35 bits per heavy atom. The maximum Gasteiger partial charge on any atom is 0.413 e. The Hall–Kier alpha value is -1.97. The van der Waals surface area contributed by atoms with E-state index >= 15 is 0 Å². The molecule has 0 radical (unpaired) electrons. The van der Waals surface area contributed by atoms with Gasteiger partial charge in [0.15, 0.2) is 11.5 Å². The normalized spacial score (nSPS) is 13.9. The number of amides is 1. The van der Waals surface area contributed by atoms with E-state index in [0.717, 1.165) is 36.6 Å². The Morgan fingerprint density at radius 2 is 1.71 bits per heavy atom. The summed E-state index contributed by atoms with van der Waals surface area (Å²) in [6, 6.07) is 11.8. The molecular formula is C22H26Br2N2O5. The van der Waals surface area contributed by atoms with Crippen LogP contribution in [0.25, 0.3) is 0 Å². The van der Waals surface area contributed by atoms with Crippen LogP contribution in [0.2, 0.25) is 0 Å². The molecule has 0 spiro atoms. The third-order valence-electron chi connectivity index (χ3n) is 4.96. The van der Waals surface area contributed by atoms with Crippen LogP contribution in [0.3, 0.4) is 0 Å². The lowest BCUT2D eigenvalue weighted by atomic mass is 9.98. The summed E-state index contributed by atoms with van der Waals surface area (Å²) >= 11 is 6.57. The van der Waals surface area contributed by atoms with Gasteiger partial charge in [-0.3, -0.25) is 4.90 Å². The summed E-state index contributed by atoms with van der Waals surface area (Å²) in [6.45, 7) is 2.37. The summed E-state index contributed by atoms with van der Waals surface area (Å²) < 4.78 is 20.7. The Morgan fingerprint density at radius 1 is 1.06 bits per heavy atom. The van der Waals surface area contributed by atoms with Crippen molar-refractivity contribution in [2.24, 2.45) is 0 Å². The predicted molar refractivity (Wildman–Crippen MR) is 125 cm³/mol. The number of carbonyl (C=O) groups excluding carboxylic acids is 1. The summed E-state index contributed by atoms with van der Waals surface area (Å²) in [5.41, 5.74) is 3.47. The van der Waals surface area contributed by atoms with Gasteiger partial charge in [0.25, 0.3) is 0 Å². The number of benzene rings is 2. The molecule has 0 aromatic heterocycles. The SMILES string of the molecule is COc1cc2c(cc1OC)CN(Cc1ccccc1OC(Br)(Br)OC(=O)N(C)C)CC2. The molecule has 2 aromatic carbocycles. The number of fused-ring (bicyclic) bond motifs is 1. The third-order valence-corrected chi connectivity index (χ3v) is 5.61. The van der Waals surface area contributed by atoms with E-state index in [1.165, 1.54) is 16.0 Å². The lowest BCUT2D eigenvalue weighted by molar-refractivity contribution is 0.00318. The van der Waals surface area contributed by atoms with Crippen molar-refractivity contribution in [3.63, 3.8) is 0 Å². The van der Waals surface area contributed by atoms with Crippen molar-refractivity contribution in [3.8, 4) is 17.2 Å². The van der Waals surface area contributed by atoms with Crippen LogP contribution in [-0.2, 0) is 24.2 Å². The van der Waals surface area contributed by atoms with Crippen LogP contribution in [0, 0.1) is 0 Å². The van der Waals surface area contributed by atoms with Crippen LogP contribution in [0.1, 0.15) is 16.7 Å². The smallest absolute Gasteiger partial charge is 0.413 e. The highest BCUT2D eigenvalue weighted by Crippen LogP contribution is 2.36. The van der Waals surface area contributed by atoms with E-state index in [-0.39, 0.29) is 0 Å². The molecule has 1 aliphatic heterocycles. The topological polar surface area (TPSA) is 60.5 Å². The van der Waals surface area contributed by atoms with Gasteiger partial charge in [-0.15, -0.1) is 0 Å². The predicted octanol–water partition coefficient (Wildman–Crippen LogP) is 4.74. The first-order valence-corrected chi connectivity index (χ1v) is 11.3. The number of halogens is 2. The Balaban J connectivity index is 1.74. The zero-order valence-electron chi connectivity index (χ0n) is 18.0. The van der Waals surface area contributed by atoms with E-state index in [1.54, 1.807) is 28.3 Å². The molecule has 7 nitrogen and oxygen atoms in total. The van der Waals surface area contributed by atoms with Crippen LogP contribution in [0.15, 0.2) is 36.4 Å². The number of hydrogen-bond donors (Lipinski definition) is 0. The molecule has 31 heavy (non-hydrogen) atoms. The molecule has 9 heteroatoms. The first kappa shape index (κ1) is 23.7. The molecule has 3 rings (SSSR count). The Labute approximate surface area is 199 Å². The van der Waals surface area contributed by atoms with Crippen molar-refractivity contribution in [1.82, 2.24) is 9.80 Å². The molecule has 1 heterocycles. The van der Waals surface area contributed by atoms with E-state index < -0.39 is 9.70 Å². The van der Waals surface area contributed by atoms with Gasteiger partial charge >= 0.3 is 9.70 Å². The number of hydrogen-bond acceptors (Lipinski definition) is 6. The van der Waals surface area contributed by atoms with Crippen LogP contribution in [0.4, 0.5) is 4.79 Å². The van der Waals surface area contributed by atoms with Gasteiger partial charge in [0, 0.05) is 71.2 Å². The highest BCUT2D eigenvalue weighted by Gasteiger charge is 2.32. The fraction of sp³-hybridized carbons (Fsp3) is 0.409. The molecule has 0 N–H and O–H groups in total. The van der Waals surface area contributed by atoms with E-state index in [1.807, 2.05) is 30.3 Å². The van der Waals surface area contributed by atoms with Gasteiger partial charge in [0.05, 0.1) is 14.2 Å². The zero-order valence-corrected chi connectivity index (χ0v) is 21.2. The van der Waals surface area contributed by atoms with Crippen LogP contribution < -0.4 is 14.2 Å². The zero-order chi connectivity index (χ0) is 22.6. The first-order valence-electron chi connectivity index (χ1n) is 9.73. The second-order valence-corrected chi connectivity index (χ2v) is 10.5. The van der Waals surface area contributed by atoms with Crippen molar-refractivity contribution in [1.29, 1.82) is 0 Å². The summed E-state index contributed by atoms with van der Waals surface area (Å²) in [6.07, 6.45) is 0.378. The largest absolute Gasteiger partial charge is 0.493 e. The standard InChI is InChI=1S/C22H26Br2N2O5/c1-25(2)21(27)31-22(23,24)30-18-8-6-5-7-16(18)13-26-10-9-15-11-19(28-3)20(29-4)12-17(15)14-26/h5-8,11-12H,9-10,13-14H2,1-4H3. The first-order chi connectivity index (χ1) is 14.7.